The summed E-state index contributed by atoms with van der Waals surface area (Å²) in [6, 6.07) is 7.90. The first-order chi connectivity index (χ1) is 8.31. The number of nitrogens with two attached hydrogens (primary N) is 1. The Bertz CT molecular complexity index is 384. The fraction of sp³-hybridized carbons (Fsp3) is 0.429. The van der Waals surface area contributed by atoms with Crippen LogP contribution in [0.3, 0.4) is 0 Å². The maximum Gasteiger partial charge on any atom is 0.119 e. The molecule has 0 amide bonds. The molecule has 0 saturated heterocycles. The average Bonchev–Trinajstić information content (AvgIpc) is 2.40. The third-order valence-electron chi connectivity index (χ3n) is 2.91. The van der Waals surface area contributed by atoms with E-state index in [0.717, 1.165) is 30.8 Å². The number of ether oxygens (including phenoxy) is 2. The van der Waals surface area contributed by atoms with Crippen molar-refractivity contribution in [1.29, 1.82) is 0 Å². The molecule has 1 aliphatic heterocycles. The zero-order valence-corrected chi connectivity index (χ0v) is 10.2. The van der Waals surface area contributed by atoms with Gasteiger partial charge in [-0.25, -0.2) is 0 Å². The Morgan fingerprint density at radius 3 is 2.71 bits per heavy atom. The highest BCUT2D eigenvalue weighted by Crippen LogP contribution is 2.26. The highest BCUT2D eigenvalue weighted by atomic mass is 16.5. The molecule has 1 aromatic carbocycles. The lowest BCUT2D eigenvalue weighted by molar-refractivity contribution is 0.221. The highest BCUT2D eigenvalue weighted by Gasteiger charge is 2.14. The van der Waals surface area contributed by atoms with Crippen LogP contribution in [0.15, 0.2) is 36.1 Å². The van der Waals surface area contributed by atoms with Crippen LogP contribution in [0.1, 0.15) is 31.4 Å². The van der Waals surface area contributed by atoms with E-state index in [1.807, 2.05) is 37.5 Å². The van der Waals surface area contributed by atoms with E-state index in [0.29, 0.717) is 6.61 Å². The fourth-order valence-electron chi connectivity index (χ4n) is 1.97. The molecule has 1 atom stereocenters. The van der Waals surface area contributed by atoms with Gasteiger partial charge in [0.15, 0.2) is 0 Å². The van der Waals surface area contributed by atoms with Crippen molar-refractivity contribution in [3.8, 4) is 5.75 Å². The molecule has 17 heavy (non-hydrogen) atoms. The van der Waals surface area contributed by atoms with Crippen LogP contribution in [0, 0.1) is 0 Å². The number of hydrogen-bond acceptors (Lipinski definition) is 3. The lowest BCUT2D eigenvalue weighted by Crippen LogP contribution is -2.16. The van der Waals surface area contributed by atoms with Gasteiger partial charge in [-0.05, 0) is 43.0 Å². The minimum Gasteiger partial charge on any atom is -0.501 e. The van der Waals surface area contributed by atoms with Crippen molar-refractivity contribution in [1.82, 2.24) is 0 Å². The highest BCUT2D eigenvalue weighted by molar-refractivity contribution is 5.33. The molecular formula is C14H19NO2. The normalized spacial score (nSPS) is 16.9. The van der Waals surface area contributed by atoms with Crippen LogP contribution < -0.4 is 10.5 Å². The second-order valence-electron chi connectivity index (χ2n) is 4.15. The first-order valence-corrected chi connectivity index (χ1v) is 6.10. The van der Waals surface area contributed by atoms with Crippen molar-refractivity contribution < 1.29 is 9.47 Å². The summed E-state index contributed by atoms with van der Waals surface area (Å²) >= 11 is 0. The van der Waals surface area contributed by atoms with Crippen LogP contribution in [-0.2, 0) is 4.74 Å². The van der Waals surface area contributed by atoms with Crippen LogP contribution in [-0.4, -0.2) is 13.2 Å². The molecule has 0 spiro atoms. The van der Waals surface area contributed by atoms with Gasteiger partial charge in [0, 0.05) is 0 Å². The van der Waals surface area contributed by atoms with Crippen LogP contribution in [0.25, 0.3) is 0 Å². The van der Waals surface area contributed by atoms with Gasteiger partial charge in [-0.2, -0.15) is 0 Å². The maximum absolute atomic E-state index is 6.20. The quantitative estimate of drug-likeness (QED) is 0.869. The Morgan fingerprint density at radius 2 is 2.12 bits per heavy atom. The predicted octanol–water partition coefficient (Wildman–Crippen LogP) is 2.78. The summed E-state index contributed by atoms with van der Waals surface area (Å²) < 4.78 is 10.7. The van der Waals surface area contributed by atoms with E-state index in [1.165, 1.54) is 5.57 Å². The standard InChI is InChI=1S/C14H19NO2/c1-2-17-13-7-5-11(6-8-13)14(15)12-4-3-9-16-10-12/h5-8,10,14H,2-4,9,15H2,1H3. The Kier molecular flexibility index (Phi) is 4.04. The van der Waals surface area contributed by atoms with Crippen molar-refractivity contribution >= 4 is 0 Å². The average molecular weight is 233 g/mol. The first kappa shape index (κ1) is 12.0. The summed E-state index contributed by atoms with van der Waals surface area (Å²) in [5.74, 6) is 0.886. The van der Waals surface area contributed by atoms with E-state index < -0.39 is 0 Å². The Balaban J connectivity index is 2.08. The molecule has 92 valence electrons. The van der Waals surface area contributed by atoms with Crippen molar-refractivity contribution in [2.24, 2.45) is 5.73 Å². The van der Waals surface area contributed by atoms with Gasteiger partial charge in [0.25, 0.3) is 0 Å². The van der Waals surface area contributed by atoms with Gasteiger partial charge < -0.3 is 15.2 Å². The molecule has 0 fully saturated rings. The molecular weight excluding hydrogens is 214 g/mol. The van der Waals surface area contributed by atoms with Gasteiger partial charge in [-0.15, -0.1) is 0 Å². The van der Waals surface area contributed by atoms with Crippen LogP contribution in [0.4, 0.5) is 0 Å². The topological polar surface area (TPSA) is 44.5 Å². The van der Waals surface area contributed by atoms with Gasteiger partial charge in [0.1, 0.15) is 5.75 Å². The molecule has 0 radical (unpaired) electrons. The molecule has 0 aromatic heterocycles. The third kappa shape index (κ3) is 3.01. The molecule has 0 aliphatic carbocycles. The van der Waals surface area contributed by atoms with E-state index >= 15 is 0 Å². The van der Waals surface area contributed by atoms with Gasteiger partial charge in [0.2, 0.25) is 0 Å². The van der Waals surface area contributed by atoms with Crippen LogP contribution in [0.2, 0.25) is 0 Å². The summed E-state index contributed by atoms with van der Waals surface area (Å²) in [5, 5.41) is 0. The number of benzene rings is 1. The van der Waals surface area contributed by atoms with Gasteiger partial charge >= 0.3 is 0 Å². The van der Waals surface area contributed by atoms with E-state index in [4.69, 9.17) is 15.2 Å². The van der Waals surface area contributed by atoms with E-state index in [1.54, 1.807) is 0 Å². The van der Waals surface area contributed by atoms with Gasteiger partial charge in [0.05, 0.1) is 25.5 Å². The maximum atomic E-state index is 6.20. The Morgan fingerprint density at radius 1 is 1.35 bits per heavy atom. The molecule has 1 aliphatic rings. The predicted molar refractivity (Wildman–Crippen MR) is 67.8 cm³/mol. The summed E-state index contributed by atoms with van der Waals surface area (Å²) in [7, 11) is 0. The minimum atomic E-state index is -0.0639. The lowest BCUT2D eigenvalue weighted by atomic mass is 9.96. The van der Waals surface area contributed by atoms with Crippen molar-refractivity contribution in [2.45, 2.75) is 25.8 Å². The number of rotatable bonds is 4. The molecule has 0 saturated carbocycles. The fourth-order valence-corrected chi connectivity index (χ4v) is 1.97. The van der Waals surface area contributed by atoms with E-state index in [2.05, 4.69) is 0 Å². The number of hydrogen-bond donors (Lipinski definition) is 1. The Labute approximate surface area is 102 Å². The molecule has 2 rings (SSSR count). The van der Waals surface area contributed by atoms with Crippen molar-refractivity contribution in [3.63, 3.8) is 0 Å². The van der Waals surface area contributed by atoms with Crippen LogP contribution in [0.5, 0.6) is 5.75 Å². The second kappa shape index (κ2) is 5.73. The zero-order chi connectivity index (χ0) is 12.1. The SMILES string of the molecule is CCOc1ccc(C(N)C2=COCCC2)cc1. The molecule has 3 nitrogen and oxygen atoms in total. The smallest absolute Gasteiger partial charge is 0.119 e. The summed E-state index contributed by atoms with van der Waals surface area (Å²) in [5.41, 5.74) is 8.47. The van der Waals surface area contributed by atoms with Crippen LogP contribution >= 0.6 is 0 Å². The molecule has 1 unspecified atom stereocenters. The van der Waals surface area contributed by atoms with Crippen molar-refractivity contribution in [3.05, 3.63) is 41.7 Å². The van der Waals surface area contributed by atoms with Crippen molar-refractivity contribution in [2.75, 3.05) is 13.2 Å². The molecule has 0 bridgehead atoms. The first-order valence-electron chi connectivity index (χ1n) is 6.10. The molecule has 2 N–H and O–H groups in total. The molecule has 1 heterocycles. The third-order valence-corrected chi connectivity index (χ3v) is 2.91. The van der Waals surface area contributed by atoms with E-state index in [9.17, 15) is 0 Å². The monoisotopic (exact) mass is 233 g/mol. The van der Waals surface area contributed by atoms with Gasteiger partial charge in [-0.3, -0.25) is 0 Å². The second-order valence-corrected chi connectivity index (χ2v) is 4.15. The summed E-state index contributed by atoms with van der Waals surface area (Å²) in [6.07, 6.45) is 3.88. The minimum absolute atomic E-state index is 0.0639. The molecule has 1 aromatic rings. The lowest BCUT2D eigenvalue weighted by Gasteiger charge is -2.20. The van der Waals surface area contributed by atoms with E-state index in [-0.39, 0.29) is 6.04 Å². The summed E-state index contributed by atoms with van der Waals surface area (Å²) in [4.78, 5) is 0. The zero-order valence-electron chi connectivity index (χ0n) is 10.2. The van der Waals surface area contributed by atoms with Gasteiger partial charge in [-0.1, -0.05) is 12.1 Å². The molecule has 3 heteroatoms. The largest absolute Gasteiger partial charge is 0.501 e. The Hall–Kier alpha value is -1.48. The summed E-state index contributed by atoms with van der Waals surface area (Å²) in [6.45, 7) is 3.47.